The van der Waals surface area contributed by atoms with Crippen molar-refractivity contribution >= 4 is 17.1 Å². The molecule has 2 heterocycles. The van der Waals surface area contributed by atoms with Crippen LogP contribution in [0.4, 0.5) is 13.2 Å². The Labute approximate surface area is 111 Å². The summed E-state index contributed by atoms with van der Waals surface area (Å²) in [7, 11) is 0. The molecule has 2 aromatic rings. The number of hydrogen-bond donors (Lipinski definition) is 0. The molecule has 0 bridgehead atoms. The molecule has 0 unspecified atom stereocenters. The van der Waals surface area contributed by atoms with Gasteiger partial charge < -0.3 is 0 Å². The Hall–Kier alpha value is -1.76. The van der Waals surface area contributed by atoms with Crippen molar-refractivity contribution in [1.82, 2.24) is 9.97 Å². The molecule has 0 saturated heterocycles. The summed E-state index contributed by atoms with van der Waals surface area (Å²) in [6.45, 7) is 1.81. The summed E-state index contributed by atoms with van der Waals surface area (Å²) in [4.78, 5) is 19.5. The van der Waals surface area contributed by atoms with Crippen molar-refractivity contribution < 1.29 is 18.0 Å². The number of halogens is 3. The van der Waals surface area contributed by atoms with Gasteiger partial charge in [0.1, 0.15) is 10.7 Å². The fourth-order valence-electron chi connectivity index (χ4n) is 1.44. The quantitative estimate of drug-likeness (QED) is 0.813. The third kappa shape index (κ3) is 3.37. The van der Waals surface area contributed by atoms with Crippen LogP contribution in [0.25, 0.3) is 0 Å². The van der Waals surface area contributed by atoms with E-state index in [0.29, 0.717) is 11.2 Å². The maximum atomic E-state index is 12.3. The number of aryl methyl sites for hydroxylation is 1. The van der Waals surface area contributed by atoms with Gasteiger partial charge in [0.05, 0.1) is 12.0 Å². The Morgan fingerprint density at radius 1 is 1.37 bits per heavy atom. The molecule has 0 aliphatic heterocycles. The van der Waals surface area contributed by atoms with Crippen LogP contribution in [0.3, 0.4) is 0 Å². The molecule has 19 heavy (non-hydrogen) atoms. The highest BCUT2D eigenvalue weighted by Gasteiger charge is 2.30. The summed E-state index contributed by atoms with van der Waals surface area (Å²) in [5.41, 5.74) is -0.0387. The van der Waals surface area contributed by atoms with Gasteiger partial charge in [-0.25, -0.2) is 4.98 Å². The molecule has 0 aliphatic rings. The molecule has 2 rings (SSSR count). The maximum Gasteiger partial charge on any atom is 0.417 e. The average molecular weight is 286 g/mol. The van der Waals surface area contributed by atoms with E-state index in [2.05, 4.69) is 9.97 Å². The van der Waals surface area contributed by atoms with Crippen LogP contribution in [0.1, 0.15) is 26.8 Å². The van der Waals surface area contributed by atoms with E-state index in [9.17, 15) is 18.0 Å². The number of pyridine rings is 1. The van der Waals surface area contributed by atoms with Crippen LogP contribution in [0.5, 0.6) is 0 Å². The second-order valence-electron chi connectivity index (χ2n) is 3.91. The van der Waals surface area contributed by atoms with Gasteiger partial charge in [0, 0.05) is 17.3 Å². The molecule has 0 saturated carbocycles. The lowest BCUT2D eigenvalue weighted by molar-refractivity contribution is -0.137. The minimum Gasteiger partial charge on any atom is -0.292 e. The highest BCUT2D eigenvalue weighted by molar-refractivity contribution is 7.09. The van der Waals surface area contributed by atoms with Crippen molar-refractivity contribution in [2.75, 3.05) is 0 Å². The van der Waals surface area contributed by atoms with E-state index in [1.807, 2.05) is 5.38 Å². The predicted octanol–water partition coefficient (Wildman–Crippen LogP) is 3.29. The van der Waals surface area contributed by atoms with Crippen molar-refractivity contribution in [3.63, 3.8) is 0 Å². The standard InChI is InChI=1S/C12H9F3N2OS/c1-7-6-19-11(17-7)4-10(18)9-3-2-8(5-16-9)12(13,14)15/h2-3,5-6H,4H2,1H3. The number of aromatic nitrogens is 2. The van der Waals surface area contributed by atoms with Gasteiger partial charge in [-0.05, 0) is 19.1 Å². The van der Waals surface area contributed by atoms with Gasteiger partial charge in [-0.15, -0.1) is 11.3 Å². The number of rotatable bonds is 3. The number of carbonyl (C=O) groups is 1. The zero-order valence-corrected chi connectivity index (χ0v) is 10.7. The predicted molar refractivity (Wildman–Crippen MR) is 64.1 cm³/mol. The van der Waals surface area contributed by atoms with Gasteiger partial charge in [-0.1, -0.05) is 0 Å². The molecule has 0 N–H and O–H groups in total. The van der Waals surface area contributed by atoms with Crippen molar-refractivity contribution in [2.24, 2.45) is 0 Å². The first-order valence-electron chi connectivity index (χ1n) is 5.34. The van der Waals surface area contributed by atoms with E-state index < -0.39 is 11.7 Å². The minimum atomic E-state index is -4.44. The Kier molecular flexibility index (Phi) is 3.66. The normalized spacial score (nSPS) is 11.6. The van der Waals surface area contributed by atoms with E-state index in [0.717, 1.165) is 17.8 Å². The first-order valence-corrected chi connectivity index (χ1v) is 6.21. The fraction of sp³-hybridized carbons (Fsp3) is 0.250. The first kappa shape index (κ1) is 13.7. The Bertz CT molecular complexity index is 590. The largest absolute Gasteiger partial charge is 0.417 e. The third-order valence-corrected chi connectivity index (χ3v) is 3.32. The molecule has 0 aromatic carbocycles. The molecule has 0 atom stereocenters. The molecule has 0 radical (unpaired) electrons. The minimum absolute atomic E-state index is 0.0147. The van der Waals surface area contributed by atoms with Crippen LogP contribution in [-0.2, 0) is 12.6 Å². The first-order chi connectivity index (χ1) is 8.86. The van der Waals surface area contributed by atoms with E-state index >= 15 is 0 Å². The summed E-state index contributed by atoms with van der Waals surface area (Å²) in [5, 5.41) is 2.44. The molecule has 0 fully saturated rings. The van der Waals surface area contributed by atoms with Crippen LogP contribution >= 0.6 is 11.3 Å². The molecule has 0 spiro atoms. The van der Waals surface area contributed by atoms with Gasteiger partial charge in [-0.3, -0.25) is 9.78 Å². The molecule has 0 aliphatic carbocycles. The highest BCUT2D eigenvalue weighted by atomic mass is 32.1. The summed E-state index contributed by atoms with van der Waals surface area (Å²) < 4.78 is 37.0. The van der Waals surface area contributed by atoms with Crippen LogP contribution in [-0.4, -0.2) is 15.8 Å². The number of thiazole rings is 1. The van der Waals surface area contributed by atoms with Crippen molar-refractivity contribution in [1.29, 1.82) is 0 Å². The summed E-state index contributed by atoms with van der Waals surface area (Å²) in [6.07, 6.45) is -3.72. The molecular formula is C12H9F3N2OS. The number of nitrogens with zero attached hydrogens (tertiary/aromatic N) is 2. The maximum absolute atomic E-state index is 12.3. The zero-order valence-electron chi connectivity index (χ0n) is 9.86. The van der Waals surface area contributed by atoms with Crippen molar-refractivity contribution in [3.8, 4) is 0 Å². The lowest BCUT2D eigenvalue weighted by atomic mass is 10.1. The molecule has 7 heteroatoms. The lowest BCUT2D eigenvalue weighted by Crippen LogP contribution is -2.09. The SMILES string of the molecule is Cc1csc(CC(=O)c2ccc(C(F)(F)F)cn2)n1. The monoisotopic (exact) mass is 286 g/mol. The number of carbonyl (C=O) groups excluding carboxylic acids is 1. The van der Waals surface area contributed by atoms with Gasteiger partial charge in [-0.2, -0.15) is 13.2 Å². The van der Waals surface area contributed by atoms with E-state index in [-0.39, 0.29) is 17.9 Å². The van der Waals surface area contributed by atoms with Crippen molar-refractivity contribution in [2.45, 2.75) is 19.5 Å². The van der Waals surface area contributed by atoms with Gasteiger partial charge in [0.15, 0.2) is 5.78 Å². The van der Waals surface area contributed by atoms with E-state index in [1.54, 1.807) is 6.92 Å². The van der Waals surface area contributed by atoms with Gasteiger partial charge >= 0.3 is 6.18 Å². The van der Waals surface area contributed by atoms with E-state index in [1.165, 1.54) is 11.3 Å². The van der Waals surface area contributed by atoms with Gasteiger partial charge in [0.25, 0.3) is 0 Å². The average Bonchev–Trinajstić information content (AvgIpc) is 2.74. The zero-order chi connectivity index (χ0) is 14.0. The number of hydrogen-bond acceptors (Lipinski definition) is 4. The molecule has 3 nitrogen and oxygen atoms in total. The Morgan fingerprint density at radius 2 is 2.11 bits per heavy atom. The van der Waals surface area contributed by atoms with Crippen LogP contribution in [0.15, 0.2) is 23.7 Å². The summed E-state index contributed by atoms with van der Waals surface area (Å²) in [6, 6.07) is 1.94. The molecule has 2 aromatic heterocycles. The van der Waals surface area contributed by atoms with Crippen LogP contribution < -0.4 is 0 Å². The Morgan fingerprint density at radius 3 is 2.58 bits per heavy atom. The van der Waals surface area contributed by atoms with Crippen molar-refractivity contribution in [3.05, 3.63) is 45.7 Å². The second-order valence-corrected chi connectivity index (χ2v) is 4.86. The number of ketones is 1. The number of alkyl halides is 3. The molecular weight excluding hydrogens is 277 g/mol. The van der Waals surface area contributed by atoms with E-state index in [4.69, 9.17) is 0 Å². The third-order valence-electron chi connectivity index (χ3n) is 2.35. The van der Waals surface area contributed by atoms with Crippen LogP contribution in [0.2, 0.25) is 0 Å². The smallest absolute Gasteiger partial charge is 0.292 e. The summed E-state index contributed by atoms with van der Waals surface area (Å²) in [5.74, 6) is -0.344. The number of Topliss-reactive ketones (excluding diaryl/α,β-unsaturated/α-hetero) is 1. The Balaban J connectivity index is 2.12. The topological polar surface area (TPSA) is 42.9 Å². The second kappa shape index (κ2) is 5.08. The molecule has 0 amide bonds. The lowest BCUT2D eigenvalue weighted by Gasteiger charge is -2.06. The molecule has 100 valence electrons. The van der Waals surface area contributed by atoms with Gasteiger partial charge in [0.2, 0.25) is 0 Å². The summed E-state index contributed by atoms with van der Waals surface area (Å²) >= 11 is 1.34. The van der Waals surface area contributed by atoms with Crippen LogP contribution in [0, 0.1) is 6.92 Å². The highest BCUT2D eigenvalue weighted by Crippen LogP contribution is 2.28. The fourth-order valence-corrected chi connectivity index (χ4v) is 2.21.